The van der Waals surface area contributed by atoms with Crippen molar-refractivity contribution in [2.75, 3.05) is 6.61 Å². The molecule has 2 bridgehead atoms. The molecule has 3 aliphatic carbocycles. The van der Waals surface area contributed by atoms with Crippen LogP contribution < -0.4 is 5.32 Å². The fourth-order valence-corrected chi connectivity index (χ4v) is 9.67. The van der Waals surface area contributed by atoms with Crippen molar-refractivity contribution in [2.24, 2.45) is 16.7 Å². The Morgan fingerprint density at radius 1 is 1.07 bits per heavy atom. The van der Waals surface area contributed by atoms with Crippen LogP contribution in [0.2, 0.25) is 5.02 Å². The SMILES string of the molecule is CCC(=O)O[C@H]1C(=O)[C@@]2(C)[C@H]([C@H](OC(=O)c3cccc(Cl)c3)[C@]3(O)C[C@H](OC(=O)[C@H](O)[C@H](C=C(C)C)NC(=O)OC(C)(C)C)C(C)=C1C3(C)C)[C@]1(OC(C)=O)CO[C@@H]1C[C@@H]2O. The van der Waals surface area contributed by atoms with E-state index >= 15 is 4.79 Å². The van der Waals surface area contributed by atoms with Crippen LogP contribution in [0.15, 0.2) is 47.1 Å². The van der Waals surface area contributed by atoms with Crippen molar-refractivity contribution in [3.05, 3.63) is 57.6 Å². The molecule has 1 aromatic rings. The molecule has 61 heavy (non-hydrogen) atoms. The summed E-state index contributed by atoms with van der Waals surface area (Å²) in [5.41, 5.74) is -8.20. The Bertz CT molecular complexity index is 2020. The normalized spacial score (nSPS) is 32.5. The molecule has 0 spiro atoms. The summed E-state index contributed by atoms with van der Waals surface area (Å²) < 4.78 is 35.6. The molecule has 1 heterocycles. The summed E-state index contributed by atoms with van der Waals surface area (Å²) in [5, 5.41) is 39.9. The second-order valence-electron chi connectivity index (χ2n) is 18.4. The van der Waals surface area contributed by atoms with Crippen LogP contribution >= 0.6 is 11.6 Å². The first-order valence-corrected chi connectivity index (χ1v) is 20.7. The summed E-state index contributed by atoms with van der Waals surface area (Å²) >= 11 is 6.26. The zero-order valence-electron chi connectivity index (χ0n) is 36.5. The fraction of sp³-hybridized carbons (Fsp3) is 0.636. The third-order valence-electron chi connectivity index (χ3n) is 12.5. The molecular formula is C44H58ClNO15. The zero-order chi connectivity index (χ0) is 45.8. The van der Waals surface area contributed by atoms with E-state index in [2.05, 4.69) is 5.32 Å². The van der Waals surface area contributed by atoms with Crippen LogP contribution in [0.5, 0.6) is 0 Å². The lowest BCUT2D eigenvalue weighted by Gasteiger charge is -2.67. The van der Waals surface area contributed by atoms with Crippen LogP contribution in [0.25, 0.3) is 0 Å². The highest BCUT2D eigenvalue weighted by Crippen LogP contribution is 2.64. The number of hydrogen-bond acceptors (Lipinski definition) is 15. The molecule has 0 unspecified atom stereocenters. The minimum absolute atomic E-state index is 0.0164. The van der Waals surface area contributed by atoms with Gasteiger partial charge in [0, 0.05) is 36.6 Å². The molecule has 4 aliphatic rings. The Hall–Kier alpha value is -4.35. The van der Waals surface area contributed by atoms with E-state index in [1.807, 2.05) is 0 Å². The number of hydrogen-bond donors (Lipinski definition) is 4. The average molecular weight is 876 g/mol. The topological polar surface area (TPSA) is 231 Å². The predicted octanol–water partition coefficient (Wildman–Crippen LogP) is 4.47. The molecule has 1 aromatic carbocycles. The van der Waals surface area contributed by atoms with Crippen LogP contribution in [0.4, 0.5) is 4.79 Å². The molecule has 5 rings (SSSR count). The van der Waals surface area contributed by atoms with Crippen LogP contribution in [-0.2, 0) is 47.6 Å². The number of carbonyl (C=O) groups is 6. The van der Waals surface area contributed by atoms with Crippen LogP contribution in [-0.4, -0.2) is 117 Å². The Kier molecular flexibility index (Phi) is 13.4. The summed E-state index contributed by atoms with van der Waals surface area (Å²) in [5.74, 6) is -6.34. The molecule has 0 radical (unpaired) electrons. The molecular weight excluding hydrogens is 818 g/mol. The van der Waals surface area contributed by atoms with E-state index < -0.39 is 118 Å². The summed E-state index contributed by atoms with van der Waals surface area (Å²) in [7, 11) is 0. The minimum Gasteiger partial charge on any atom is -0.456 e. The van der Waals surface area contributed by atoms with E-state index in [4.69, 9.17) is 40.0 Å². The van der Waals surface area contributed by atoms with Crippen LogP contribution in [0.1, 0.15) is 106 Å². The number of Topliss-reactive ketones (excluding diaryl/α,β-unsaturated/α-hetero) is 1. The average Bonchev–Trinajstić information content (AvgIpc) is 3.14. The van der Waals surface area contributed by atoms with Gasteiger partial charge in [0.15, 0.2) is 23.6 Å². The van der Waals surface area contributed by atoms with Crippen LogP contribution in [0.3, 0.4) is 0 Å². The maximum absolute atomic E-state index is 15.5. The Labute approximate surface area is 360 Å². The number of alkyl carbamates (subject to hydrolysis) is 1. The molecule has 1 saturated heterocycles. The molecule has 1 amide bonds. The lowest BCUT2D eigenvalue weighted by atomic mass is 9.44. The van der Waals surface area contributed by atoms with Crippen molar-refractivity contribution >= 4 is 47.4 Å². The molecule has 3 fully saturated rings. The van der Waals surface area contributed by atoms with Crippen molar-refractivity contribution in [1.82, 2.24) is 5.32 Å². The number of amides is 1. The number of rotatable bonds is 10. The van der Waals surface area contributed by atoms with Gasteiger partial charge in [0.05, 0.1) is 35.6 Å². The van der Waals surface area contributed by atoms with Gasteiger partial charge >= 0.3 is 30.0 Å². The number of aliphatic hydroxyl groups excluding tert-OH is 2. The van der Waals surface area contributed by atoms with Crippen LogP contribution in [0, 0.1) is 16.7 Å². The highest BCUT2D eigenvalue weighted by atomic mass is 35.5. The highest BCUT2D eigenvalue weighted by Gasteiger charge is 2.78. The largest absolute Gasteiger partial charge is 0.456 e. The third-order valence-corrected chi connectivity index (χ3v) is 12.8. The molecule has 4 N–H and O–H groups in total. The first kappa shape index (κ1) is 47.7. The monoisotopic (exact) mass is 875 g/mol. The number of esters is 4. The molecule has 0 aromatic heterocycles. The van der Waals surface area contributed by atoms with Gasteiger partial charge < -0.3 is 49.1 Å². The lowest BCUT2D eigenvalue weighted by Crippen LogP contribution is -2.82. The molecule has 17 heteroatoms. The number of ether oxygens (including phenoxy) is 6. The summed E-state index contributed by atoms with van der Waals surface area (Å²) in [6.07, 6.45) is -10.4. The first-order chi connectivity index (χ1) is 28.1. The quantitative estimate of drug-likeness (QED) is 0.144. The summed E-state index contributed by atoms with van der Waals surface area (Å²) in [6.45, 7) is 16.6. The second kappa shape index (κ2) is 17.1. The van der Waals surface area contributed by atoms with Gasteiger partial charge in [-0.25, -0.2) is 14.4 Å². The van der Waals surface area contributed by atoms with Crippen molar-refractivity contribution in [2.45, 2.75) is 155 Å². The van der Waals surface area contributed by atoms with Gasteiger partial charge in [-0.2, -0.15) is 0 Å². The highest BCUT2D eigenvalue weighted by molar-refractivity contribution is 6.30. The molecule has 11 atom stereocenters. The molecule has 2 saturated carbocycles. The van der Waals surface area contributed by atoms with E-state index in [1.54, 1.807) is 48.5 Å². The van der Waals surface area contributed by atoms with E-state index in [-0.39, 0.29) is 41.2 Å². The Balaban J connectivity index is 1.75. The van der Waals surface area contributed by atoms with Gasteiger partial charge in [-0.05, 0) is 77.8 Å². The van der Waals surface area contributed by atoms with Gasteiger partial charge in [0.2, 0.25) is 0 Å². The van der Waals surface area contributed by atoms with Crippen molar-refractivity contribution < 1.29 is 72.5 Å². The van der Waals surface area contributed by atoms with Crippen molar-refractivity contribution in [3.63, 3.8) is 0 Å². The Morgan fingerprint density at radius 3 is 2.26 bits per heavy atom. The van der Waals surface area contributed by atoms with Gasteiger partial charge in [0.1, 0.15) is 29.5 Å². The Morgan fingerprint density at radius 2 is 1.72 bits per heavy atom. The fourth-order valence-electron chi connectivity index (χ4n) is 9.48. The maximum Gasteiger partial charge on any atom is 0.408 e. The number of ketones is 1. The zero-order valence-corrected chi connectivity index (χ0v) is 37.2. The van der Waals surface area contributed by atoms with Crippen molar-refractivity contribution in [1.29, 1.82) is 0 Å². The number of carbonyl (C=O) groups excluding carboxylic acids is 6. The summed E-state index contributed by atoms with van der Waals surface area (Å²) in [4.78, 5) is 83.0. The van der Waals surface area contributed by atoms with Gasteiger partial charge in [-0.1, -0.05) is 50.1 Å². The maximum atomic E-state index is 15.5. The van der Waals surface area contributed by atoms with E-state index in [9.17, 15) is 39.3 Å². The first-order valence-electron chi connectivity index (χ1n) is 20.3. The molecule has 1 aliphatic heterocycles. The van der Waals surface area contributed by atoms with Gasteiger partial charge in [-0.15, -0.1) is 0 Å². The third kappa shape index (κ3) is 8.70. The molecule has 336 valence electrons. The number of nitrogens with one attached hydrogen (secondary N) is 1. The number of aliphatic hydroxyl groups is 3. The van der Waals surface area contributed by atoms with E-state index in [0.717, 1.165) is 6.92 Å². The number of fused-ring (bicyclic) bond motifs is 5. The number of halogens is 1. The molecule has 16 nitrogen and oxygen atoms in total. The number of benzene rings is 1. The van der Waals surface area contributed by atoms with Crippen molar-refractivity contribution in [3.8, 4) is 0 Å². The van der Waals surface area contributed by atoms with E-state index in [0.29, 0.717) is 5.57 Å². The minimum atomic E-state index is -2.42. The predicted molar refractivity (Wildman–Crippen MR) is 217 cm³/mol. The second-order valence-corrected chi connectivity index (χ2v) is 18.9. The van der Waals surface area contributed by atoms with Gasteiger partial charge in [-0.3, -0.25) is 14.4 Å². The smallest absolute Gasteiger partial charge is 0.408 e. The van der Waals surface area contributed by atoms with Gasteiger partial charge in [0.25, 0.3) is 0 Å². The standard InChI is InChI=1S/C44H58ClNO15/c1-12-30(49)58-33-31-22(4)27(57-38(53)32(50)26(16-21(2)3)46-39(54)61-40(6,7)8)19-44(55,41(31,9)10)36(59-37(52)24-14-13-15-25(45)17-24)34-42(11,35(33)51)28(48)18-29-43(34,20-56-29)60-23(5)47/h13-17,26-29,32-34,36,48,50,55H,12,18-20H2,1-11H3,(H,46,54)/t26-,27-,28-,29+,32+,33+,34-,36-,42+,43-,44+/m0/s1. The summed E-state index contributed by atoms with van der Waals surface area (Å²) in [6, 6.07) is 4.42. The number of allylic oxidation sites excluding steroid dienone is 1. The van der Waals surface area contributed by atoms with E-state index in [1.165, 1.54) is 51.1 Å². The lowest BCUT2D eigenvalue weighted by molar-refractivity contribution is -0.346.